The molecule has 1 atom stereocenters. The molecule has 6 nitrogen and oxygen atoms in total. The Kier molecular flexibility index (Phi) is 4.76. The molecule has 1 aliphatic carbocycles. The van der Waals surface area contributed by atoms with Crippen molar-refractivity contribution < 1.29 is 4.79 Å². The van der Waals surface area contributed by atoms with Crippen LogP contribution < -0.4 is 4.87 Å². The van der Waals surface area contributed by atoms with Crippen molar-refractivity contribution in [1.29, 1.82) is 0 Å². The SMILES string of the molecule is CC1(C(=O)N2CCC(c3nccn3Cn3c(=O)sc4ccccc43)CC2)CC1(Cl)Cl. The van der Waals surface area contributed by atoms with E-state index >= 15 is 0 Å². The number of hydrogen-bond acceptors (Lipinski definition) is 4. The molecule has 1 unspecified atom stereocenters. The quantitative estimate of drug-likeness (QED) is 0.547. The number of amides is 1. The molecule has 1 aliphatic heterocycles. The standard InChI is InChI=1S/C21H22Cl2N4O2S/c1-20(12-21(20,22)23)18(28)25-9-6-14(7-10-25)17-24-8-11-26(17)13-27-15-4-2-3-5-16(15)30-19(27)29/h2-5,8,11,14H,6-7,9-10,12-13H2,1H3. The molecule has 1 aromatic carbocycles. The minimum atomic E-state index is -0.937. The van der Waals surface area contributed by atoms with E-state index in [2.05, 4.69) is 4.98 Å². The number of thiazole rings is 1. The topological polar surface area (TPSA) is 60.1 Å². The van der Waals surface area contributed by atoms with E-state index in [0.717, 1.165) is 28.9 Å². The van der Waals surface area contributed by atoms with Crippen LogP contribution in [-0.4, -0.2) is 42.3 Å². The summed E-state index contributed by atoms with van der Waals surface area (Å²) in [5, 5.41) is 0. The van der Waals surface area contributed by atoms with Gasteiger partial charge in [0.1, 0.15) is 16.8 Å². The first-order valence-electron chi connectivity index (χ1n) is 10.1. The number of carbonyl (C=O) groups excluding carboxylic acids is 1. The van der Waals surface area contributed by atoms with Crippen LogP contribution >= 0.6 is 34.5 Å². The highest BCUT2D eigenvalue weighted by Gasteiger charge is 2.68. The summed E-state index contributed by atoms with van der Waals surface area (Å²) in [6.45, 7) is 3.61. The molecule has 0 bridgehead atoms. The van der Waals surface area contributed by atoms with Gasteiger partial charge >= 0.3 is 4.87 Å². The molecule has 1 saturated carbocycles. The van der Waals surface area contributed by atoms with Crippen molar-refractivity contribution in [1.82, 2.24) is 19.0 Å². The number of halogens is 2. The molecule has 0 N–H and O–H groups in total. The third-order valence-corrected chi connectivity index (χ3v) is 8.55. The monoisotopic (exact) mass is 464 g/mol. The second-order valence-corrected chi connectivity index (χ2v) is 10.9. The van der Waals surface area contributed by atoms with E-state index in [-0.39, 0.29) is 16.7 Å². The molecule has 0 spiro atoms. The van der Waals surface area contributed by atoms with Crippen LogP contribution in [0, 0.1) is 5.41 Å². The van der Waals surface area contributed by atoms with Crippen LogP contribution in [0.15, 0.2) is 41.5 Å². The number of hydrogen-bond donors (Lipinski definition) is 0. The summed E-state index contributed by atoms with van der Waals surface area (Å²) in [6.07, 6.45) is 5.88. The Morgan fingerprint density at radius 2 is 1.97 bits per heavy atom. The van der Waals surface area contributed by atoms with Crippen LogP contribution in [0.3, 0.4) is 0 Å². The summed E-state index contributed by atoms with van der Waals surface area (Å²) < 4.78 is 3.89. The first-order chi connectivity index (χ1) is 14.3. The Morgan fingerprint density at radius 3 is 2.67 bits per heavy atom. The predicted molar refractivity (Wildman–Crippen MR) is 119 cm³/mol. The second-order valence-electron chi connectivity index (χ2n) is 8.44. The number of para-hydroxylation sites is 1. The molecule has 2 aromatic heterocycles. The largest absolute Gasteiger partial charge is 0.342 e. The van der Waals surface area contributed by atoms with E-state index < -0.39 is 9.75 Å². The number of rotatable bonds is 4. The van der Waals surface area contributed by atoms with Crippen LogP contribution in [-0.2, 0) is 11.5 Å². The summed E-state index contributed by atoms with van der Waals surface area (Å²) in [7, 11) is 0. The van der Waals surface area contributed by atoms with E-state index in [4.69, 9.17) is 23.2 Å². The Bertz CT molecular complexity index is 1180. The van der Waals surface area contributed by atoms with Gasteiger partial charge < -0.3 is 9.47 Å². The number of piperidine rings is 1. The molecule has 2 fully saturated rings. The van der Waals surface area contributed by atoms with E-state index in [1.54, 1.807) is 10.8 Å². The van der Waals surface area contributed by atoms with Crippen molar-refractivity contribution in [2.24, 2.45) is 5.41 Å². The third-order valence-electron chi connectivity index (χ3n) is 6.49. The van der Waals surface area contributed by atoms with Crippen molar-refractivity contribution in [2.75, 3.05) is 13.1 Å². The maximum Gasteiger partial charge on any atom is 0.309 e. The van der Waals surface area contributed by atoms with Gasteiger partial charge in [0.15, 0.2) is 0 Å². The highest BCUT2D eigenvalue weighted by molar-refractivity contribution is 7.16. The van der Waals surface area contributed by atoms with Gasteiger partial charge in [-0.25, -0.2) is 4.98 Å². The van der Waals surface area contributed by atoms with E-state index in [1.807, 2.05) is 46.9 Å². The molecule has 5 rings (SSSR count). The van der Waals surface area contributed by atoms with Gasteiger partial charge in [0.05, 0.1) is 15.6 Å². The summed E-state index contributed by atoms with van der Waals surface area (Å²) in [6, 6.07) is 7.83. The molecule has 2 aliphatic rings. The van der Waals surface area contributed by atoms with Crippen LogP contribution in [0.4, 0.5) is 0 Å². The number of alkyl halides is 2. The average molecular weight is 465 g/mol. The minimum absolute atomic E-state index is 0.0274. The number of carbonyl (C=O) groups is 1. The second kappa shape index (κ2) is 7.11. The fraction of sp³-hybridized carbons (Fsp3) is 0.476. The summed E-state index contributed by atoms with van der Waals surface area (Å²) >= 11 is 13.6. The third kappa shape index (κ3) is 3.18. The lowest BCUT2D eigenvalue weighted by Gasteiger charge is -2.34. The van der Waals surface area contributed by atoms with E-state index in [1.165, 1.54) is 11.3 Å². The molecule has 0 radical (unpaired) electrons. The van der Waals surface area contributed by atoms with Gasteiger partial charge in [0.2, 0.25) is 5.91 Å². The average Bonchev–Trinajstić information content (AvgIpc) is 3.07. The molecular formula is C21H22Cl2N4O2S. The number of likely N-dealkylation sites (tertiary alicyclic amines) is 1. The lowest BCUT2D eigenvalue weighted by molar-refractivity contribution is -0.137. The Balaban J connectivity index is 1.31. The maximum atomic E-state index is 12.8. The van der Waals surface area contributed by atoms with Crippen LogP contribution in [0.1, 0.15) is 37.9 Å². The fourth-order valence-corrected chi connectivity index (χ4v) is 6.00. The van der Waals surface area contributed by atoms with Crippen LogP contribution in [0.5, 0.6) is 0 Å². The molecule has 30 heavy (non-hydrogen) atoms. The van der Waals surface area contributed by atoms with Gasteiger partial charge in [-0.1, -0.05) is 23.5 Å². The van der Waals surface area contributed by atoms with Crippen LogP contribution in [0.2, 0.25) is 0 Å². The van der Waals surface area contributed by atoms with E-state index in [9.17, 15) is 9.59 Å². The summed E-state index contributed by atoms with van der Waals surface area (Å²) in [4.78, 5) is 31.8. The lowest BCUT2D eigenvalue weighted by Crippen LogP contribution is -2.43. The van der Waals surface area contributed by atoms with Crippen LogP contribution in [0.25, 0.3) is 10.2 Å². The van der Waals surface area contributed by atoms with Gasteiger partial charge in [-0.15, -0.1) is 23.2 Å². The Labute approximate surface area is 188 Å². The molecule has 3 heterocycles. The number of aromatic nitrogens is 3. The van der Waals surface area contributed by atoms with Crippen molar-refractivity contribution in [2.45, 2.75) is 43.1 Å². The zero-order valence-corrected chi connectivity index (χ0v) is 18.9. The molecule has 9 heteroatoms. The highest BCUT2D eigenvalue weighted by atomic mass is 35.5. The van der Waals surface area contributed by atoms with Crippen molar-refractivity contribution >= 4 is 50.7 Å². The number of nitrogens with zero attached hydrogens (tertiary/aromatic N) is 4. The summed E-state index contributed by atoms with van der Waals surface area (Å²) in [5.41, 5.74) is 0.277. The van der Waals surface area contributed by atoms with Gasteiger partial charge in [0, 0.05) is 31.4 Å². The van der Waals surface area contributed by atoms with Gasteiger partial charge in [-0.3, -0.25) is 14.2 Å². The molecular weight excluding hydrogens is 443 g/mol. The zero-order valence-electron chi connectivity index (χ0n) is 16.6. The fourth-order valence-electron chi connectivity index (χ4n) is 4.42. The summed E-state index contributed by atoms with van der Waals surface area (Å²) in [5.74, 6) is 1.25. The predicted octanol–water partition coefficient (Wildman–Crippen LogP) is 4.06. The van der Waals surface area contributed by atoms with Gasteiger partial charge in [0.25, 0.3) is 0 Å². The van der Waals surface area contributed by atoms with Crippen molar-refractivity contribution in [3.05, 3.63) is 52.2 Å². The van der Waals surface area contributed by atoms with Gasteiger partial charge in [-0.05, 0) is 38.3 Å². The smallest absolute Gasteiger partial charge is 0.309 e. The van der Waals surface area contributed by atoms with Gasteiger partial charge in [-0.2, -0.15) is 0 Å². The first kappa shape index (κ1) is 20.1. The Morgan fingerprint density at radius 1 is 1.27 bits per heavy atom. The lowest BCUT2D eigenvalue weighted by atomic mass is 9.94. The number of fused-ring (bicyclic) bond motifs is 1. The molecule has 1 saturated heterocycles. The minimum Gasteiger partial charge on any atom is -0.342 e. The van der Waals surface area contributed by atoms with Crippen molar-refractivity contribution in [3.63, 3.8) is 0 Å². The maximum absolute atomic E-state index is 12.8. The normalized spacial score (nSPS) is 23.8. The Hall–Kier alpha value is -1.83. The first-order valence-corrected chi connectivity index (χ1v) is 11.6. The molecule has 1 amide bonds. The zero-order chi connectivity index (χ0) is 21.1. The number of imidazole rings is 1. The molecule has 3 aromatic rings. The molecule has 158 valence electrons. The number of benzene rings is 1. The van der Waals surface area contributed by atoms with E-state index in [0.29, 0.717) is 26.2 Å². The highest BCUT2D eigenvalue weighted by Crippen LogP contribution is 2.64. The van der Waals surface area contributed by atoms with Crippen molar-refractivity contribution in [3.8, 4) is 0 Å².